The maximum atomic E-state index is 10.7. The molecule has 156 valence electrons. The fourth-order valence-electron chi connectivity index (χ4n) is 4.40. The van der Waals surface area contributed by atoms with Gasteiger partial charge in [0.15, 0.2) is 0 Å². The first-order valence-corrected chi connectivity index (χ1v) is 10.3. The Morgan fingerprint density at radius 1 is 1.45 bits per heavy atom. The van der Waals surface area contributed by atoms with Crippen molar-refractivity contribution in [3.05, 3.63) is 41.5 Å². The Bertz CT molecular complexity index is 818. The summed E-state index contributed by atoms with van der Waals surface area (Å²) in [5, 5.41) is 31.7. The van der Waals surface area contributed by atoms with E-state index in [9.17, 15) is 20.1 Å². The van der Waals surface area contributed by atoms with E-state index < -0.39 is 18.2 Å². The Morgan fingerprint density at radius 2 is 2.24 bits per heavy atom. The standard InChI is InChI=1S/C24H30O5/c1-3-4-7-15(2)19(25)13-12-17-20(26)14-21-23(17)18-10-5-8-16(24(18)29-21)9-6-11-22(27)28/h5,8,10,12-13,15,17,19-21,23,25-26H,6-7,9,11,14H2,1-2H3,(H,27,28)/p-1/b13-12+/t15?,17-,19+,20+,21-,23-/m0/s1. The number of hydrogen-bond acceptors (Lipinski definition) is 5. The zero-order valence-electron chi connectivity index (χ0n) is 17.0. The molecule has 2 aliphatic rings. The molecule has 1 fully saturated rings. The van der Waals surface area contributed by atoms with Crippen molar-refractivity contribution in [2.45, 2.75) is 70.2 Å². The Balaban J connectivity index is 1.75. The number of carbonyl (C=O) groups excluding carboxylic acids is 1. The van der Waals surface area contributed by atoms with Crippen molar-refractivity contribution in [2.75, 3.05) is 0 Å². The van der Waals surface area contributed by atoms with Gasteiger partial charge in [-0.2, -0.15) is 0 Å². The number of aliphatic carboxylic acids is 1. The van der Waals surface area contributed by atoms with Gasteiger partial charge in [-0.1, -0.05) is 37.3 Å². The second-order valence-corrected chi connectivity index (χ2v) is 8.11. The van der Waals surface area contributed by atoms with Crippen LogP contribution in [0.25, 0.3) is 0 Å². The number of ether oxygens (including phenoxy) is 1. The van der Waals surface area contributed by atoms with Crippen molar-refractivity contribution in [1.82, 2.24) is 0 Å². The van der Waals surface area contributed by atoms with Crippen LogP contribution >= 0.6 is 0 Å². The molecule has 6 atom stereocenters. The van der Waals surface area contributed by atoms with Crippen LogP contribution in [0.2, 0.25) is 0 Å². The highest BCUT2D eigenvalue weighted by Gasteiger charge is 2.48. The lowest BCUT2D eigenvalue weighted by molar-refractivity contribution is -0.305. The first-order valence-electron chi connectivity index (χ1n) is 10.3. The Morgan fingerprint density at radius 3 is 2.97 bits per heavy atom. The van der Waals surface area contributed by atoms with Crippen LogP contribution in [0.3, 0.4) is 0 Å². The van der Waals surface area contributed by atoms with Crippen LogP contribution in [-0.4, -0.2) is 34.5 Å². The smallest absolute Gasteiger partial charge is 0.126 e. The van der Waals surface area contributed by atoms with Gasteiger partial charge in [0.1, 0.15) is 11.9 Å². The Kier molecular flexibility index (Phi) is 7.00. The van der Waals surface area contributed by atoms with Crippen LogP contribution in [0.15, 0.2) is 30.4 Å². The third kappa shape index (κ3) is 4.83. The van der Waals surface area contributed by atoms with Gasteiger partial charge in [-0.3, -0.25) is 0 Å². The van der Waals surface area contributed by atoms with Crippen LogP contribution in [0.1, 0.15) is 56.6 Å². The highest BCUT2D eigenvalue weighted by Crippen LogP contribution is 2.52. The molecule has 1 saturated carbocycles. The third-order valence-electron chi connectivity index (χ3n) is 6.03. The van der Waals surface area contributed by atoms with E-state index in [0.717, 1.165) is 16.9 Å². The molecule has 5 heteroatoms. The van der Waals surface area contributed by atoms with Gasteiger partial charge in [-0.15, -0.1) is 11.8 Å². The maximum absolute atomic E-state index is 10.7. The van der Waals surface area contributed by atoms with Crippen LogP contribution in [-0.2, 0) is 11.2 Å². The number of hydrogen-bond donors (Lipinski definition) is 2. The van der Waals surface area contributed by atoms with Crippen LogP contribution in [0, 0.1) is 23.7 Å². The number of aliphatic hydroxyl groups excluding tert-OH is 2. The van der Waals surface area contributed by atoms with E-state index in [0.29, 0.717) is 25.7 Å². The van der Waals surface area contributed by atoms with Gasteiger partial charge in [0, 0.05) is 36.2 Å². The summed E-state index contributed by atoms with van der Waals surface area (Å²) in [4.78, 5) is 10.7. The summed E-state index contributed by atoms with van der Waals surface area (Å²) in [5.41, 5.74) is 2.06. The molecule has 2 N–H and O–H groups in total. The summed E-state index contributed by atoms with van der Waals surface area (Å²) in [6.45, 7) is 3.74. The van der Waals surface area contributed by atoms with Crippen LogP contribution in [0.4, 0.5) is 0 Å². The van der Waals surface area contributed by atoms with Crippen molar-refractivity contribution in [1.29, 1.82) is 0 Å². The minimum absolute atomic E-state index is 0.0236. The van der Waals surface area contributed by atoms with Crippen LogP contribution < -0.4 is 9.84 Å². The summed E-state index contributed by atoms with van der Waals surface area (Å²) in [7, 11) is 0. The van der Waals surface area contributed by atoms with Crippen molar-refractivity contribution in [3.63, 3.8) is 0 Å². The first-order chi connectivity index (χ1) is 13.9. The lowest BCUT2D eigenvalue weighted by atomic mass is 9.86. The Labute approximate surface area is 172 Å². The molecule has 0 spiro atoms. The van der Waals surface area contributed by atoms with Crippen molar-refractivity contribution in [2.24, 2.45) is 11.8 Å². The highest BCUT2D eigenvalue weighted by molar-refractivity contribution is 5.64. The number of carbonyl (C=O) groups is 1. The van der Waals surface area contributed by atoms with E-state index in [1.165, 1.54) is 0 Å². The molecule has 0 bridgehead atoms. The SMILES string of the molecule is CC#CCC(C)[C@H](O)/C=C/[C@@H]1[C@H]2c3cccc(CCCC(=O)[O-])c3O[C@H]2C[C@H]1O. The van der Waals surface area contributed by atoms with Gasteiger partial charge in [0.25, 0.3) is 0 Å². The molecular weight excluding hydrogens is 368 g/mol. The van der Waals surface area contributed by atoms with Crippen molar-refractivity contribution < 1.29 is 24.9 Å². The van der Waals surface area contributed by atoms with Gasteiger partial charge >= 0.3 is 0 Å². The van der Waals surface area contributed by atoms with Crippen LogP contribution in [0.5, 0.6) is 5.75 Å². The molecule has 1 aromatic rings. The molecule has 0 aromatic heterocycles. The van der Waals surface area contributed by atoms with Gasteiger partial charge in [0.2, 0.25) is 0 Å². The molecular formula is C24H29O5-. The Hall–Kier alpha value is -2.29. The molecule has 1 aliphatic carbocycles. The molecule has 29 heavy (non-hydrogen) atoms. The number of benzene rings is 1. The minimum Gasteiger partial charge on any atom is -0.550 e. The molecule has 0 saturated heterocycles. The molecule has 1 aliphatic heterocycles. The maximum Gasteiger partial charge on any atom is 0.126 e. The monoisotopic (exact) mass is 397 g/mol. The largest absolute Gasteiger partial charge is 0.550 e. The lowest BCUT2D eigenvalue weighted by Gasteiger charge is -2.19. The van der Waals surface area contributed by atoms with E-state index in [4.69, 9.17) is 4.74 Å². The number of aliphatic hydroxyl groups is 2. The average Bonchev–Trinajstić information content (AvgIpc) is 3.19. The summed E-state index contributed by atoms with van der Waals surface area (Å²) in [6.07, 6.45) is 4.80. The zero-order chi connectivity index (χ0) is 21.0. The second-order valence-electron chi connectivity index (χ2n) is 8.11. The number of rotatable bonds is 8. The van der Waals surface area contributed by atoms with Crippen molar-refractivity contribution >= 4 is 5.97 Å². The van der Waals surface area contributed by atoms with Gasteiger partial charge in [-0.25, -0.2) is 0 Å². The second kappa shape index (κ2) is 9.47. The number of fused-ring (bicyclic) bond motifs is 3. The summed E-state index contributed by atoms with van der Waals surface area (Å²) >= 11 is 0. The van der Waals surface area contributed by atoms with E-state index >= 15 is 0 Å². The number of carboxylic acid groups (broad SMARTS) is 1. The third-order valence-corrected chi connectivity index (χ3v) is 6.03. The fourth-order valence-corrected chi connectivity index (χ4v) is 4.40. The number of carboxylic acids is 1. The number of para-hydroxylation sites is 1. The van der Waals surface area contributed by atoms with Gasteiger partial charge in [-0.05, 0) is 37.7 Å². The molecule has 0 amide bonds. The van der Waals surface area contributed by atoms with E-state index in [-0.39, 0.29) is 30.3 Å². The molecule has 1 unspecified atom stereocenters. The van der Waals surface area contributed by atoms with Gasteiger partial charge < -0.3 is 24.9 Å². The summed E-state index contributed by atoms with van der Waals surface area (Å²) in [5.74, 6) is 5.56. The normalized spacial score (nSPS) is 26.9. The molecule has 1 heterocycles. The van der Waals surface area contributed by atoms with E-state index in [2.05, 4.69) is 11.8 Å². The molecule has 0 radical (unpaired) electrons. The molecule has 5 nitrogen and oxygen atoms in total. The minimum atomic E-state index is -1.04. The van der Waals surface area contributed by atoms with Gasteiger partial charge in [0.05, 0.1) is 12.2 Å². The van der Waals surface area contributed by atoms with E-state index in [1.54, 1.807) is 13.0 Å². The predicted octanol–water partition coefficient (Wildman–Crippen LogP) is 1.95. The quantitative estimate of drug-likeness (QED) is 0.517. The number of aryl methyl sites for hydroxylation is 1. The fraction of sp³-hybridized carbons (Fsp3) is 0.542. The van der Waals surface area contributed by atoms with Crippen molar-refractivity contribution in [3.8, 4) is 17.6 Å². The first kappa shape index (κ1) is 21.4. The molecule has 1 aromatic carbocycles. The lowest BCUT2D eigenvalue weighted by Crippen LogP contribution is -2.21. The summed E-state index contributed by atoms with van der Waals surface area (Å²) < 4.78 is 6.19. The highest BCUT2D eigenvalue weighted by atomic mass is 16.5. The average molecular weight is 397 g/mol. The zero-order valence-corrected chi connectivity index (χ0v) is 17.0. The summed E-state index contributed by atoms with van der Waals surface area (Å²) in [6, 6.07) is 5.96. The van der Waals surface area contributed by atoms with E-state index in [1.807, 2.05) is 31.2 Å². The topological polar surface area (TPSA) is 89.8 Å². The predicted molar refractivity (Wildman–Crippen MR) is 108 cm³/mol. The molecule has 3 rings (SSSR count).